The smallest absolute Gasteiger partial charge is 0.251 e. The minimum absolute atomic E-state index is 0.163. The van der Waals surface area contributed by atoms with Gasteiger partial charge in [-0.3, -0.25) is 4.79 Å². The number of benzene rings is 1. The predicted octanol–water partition coefficient (Wildman–Crippen LogP) is 3.62. The molecule has 1 aromatic carbocycles. The average Bonchev–Trinajstić information content (AvgIpc) is 2.49. The second kappa shape index (κ2) is 8.13. The van der Waals surface area contributed by atoms with Crippen LogP contribution in [0.3, 0.4) is 0 Å². The highest BCUT2D eigenvalue weighted by molar-refractivity contribution is 6.18. The molecule has 0 aliphatic carbocycles. The molecule has 1 aromatic rings. The number of nitrogens with one attached hydrogen (secondary N) is 1. The van der Waals surface area contributed by atoms with E-state index in [1.165, 1.54) is 0 Å². The standard InChI is InChI=1S/C16H24ClNO3/c1-5-16(4,11-17)18-15(19)12-8-9-13(20-6-2)14(10-12)21-7-3/h8-10H,5-7,11H2,1-4H3,(H,18,19). The van der Waals surface area contributed by atoms with Crippen molar-refractivity contribution < 1.29 is 14.3 Å². The third kappa shape index (κ3) is 4.81. The molecule has 1 rings (SSSR count). The number of amides is 1. The first kappa shape index (κ1) is 17.6. The van der Waals surface area contributed by atoms with E-state index < -0.39 is 5.54 Å². The van der Waals surface area contributed by atoms with Crippen molar-refractivity contribution in [1.29, 1.82) is 0 Å². The molecular formula is C16H24ClNO3. The fourth-order valence-electron chi connectivity index (χ4n) is 1.75. The topological polar surface area (TPSA) is 47.6 Å². The Morgan fingerprint density at radius 1 is 1.19 bits per heavy atom. The molecule has 0 fully saturated rings. The van der Waals surface area contributed by atoms with E-state index in [1.807, 2.05) is 27.7 Å². The Kier molecular flexibility index (Phi) is 6.82. The van der Waals surface area contributed by atoms with Crippen LogP contribution in [0.5, 0.6) is 11.5 Å². The molecule has 0 heterocycles. The Hall–Kier alpha value is -1.42. The van der Waals surface area contributed by atoms with Gasteiger partial charge in [-0.1, -0.05) is 6.92 Å². The van der Waals surface area contributed by atoms with Crippen LogP contribution in [-0.4, -0.2) is 30.5 Å². The summed E-state index contributed by atoms with van der Waals surface area (Å²) in [6, 6.07) is 5.19. The lowest BCUT2D eigenvalue weighted by molar-refractivity contribution is 0.0912. The minimum Gasteiger partial charge on any atom is -0.490 e. The molecule has 0 aromatic heterocycles. The largest absolute Gasteiger partial charge is 0.490 e. The molecule has 0 bridgehead atoms. The number of carbonyl (C=O) groups is 1. The van der Waals surface area contributed by atoms with Gasteiger partial charge >= 0.3 is 0 Å². The second-order valence-corrected chi connectivity index (χ2v) is 5.30. The number of rotatable bonds is 8. The summed E-state index contributed by atoms with van der Waals surface area (Å²) < 4.78 is 11.0. The van der Waals surface area contributed by atoms with Crippen LogP contribution < -0.4 is 14.8 Å². The number of ether oxygens (including phenoxy) is 2. The van der Waals surface area contributed by atoms with Crippen LogP contribution >= 0.6 is 11.6 Å². The van der Waals surface area contributed by atoms with Gasteiger partial charge < -0.3 is 14.8 Å². The summed E-state index contributed by atoms with van der Waals surface area (Å²) in [7, 11) is 0. The van der Waals surface area contributed by atoms with Crippen molar-refractivity contribution in [3.05, 3.63) is 23.8 Å². The first-order valence-electron chi connectivity index (χ1n) is 7.27. The van der Waals surface area contributed by atoms with Crippen molar-refractivity contribution in [1.82, 2.24) is 5.32 Å². The quantitative estimate of drug-likeness (QED) is 0.746. The summed E-state index contributed by atoms with van der Waals surface area (Å²) in [5.41, 5.74) is 0.120. The molecule has 21 heavy (non-hydrogen) atoms. The molecule has 0 aliphatic rings. The molecule has 1 unspecified atom stereocenters. The van der Waals surface area contributed by atoms with Gasteiger partial charge in [-0.2, -0.15) is 0 Å². The van der Waals surface area contributed by atoms with Gasteiger partial charge in [0.05, 0.1) is 18.8 Å². The SMILES string of the molecule is CCOc1ccc(C(=O)NC(C)(CC)CCl)cc1OCC. The zero-order valence-corrected chi connectivity index (χ0v) is 13.9. The number of halogens is 1. The molecule has 4 nitrogen and oxygen atoms in total. The summed E-state index contributed by atoms with van der Waals surface area (Å²) in [4.78, 5) is 12.3. The molecule has 5 heteroatoms. The summed E-state index contributed by atoms with van der Waals surface area (Å²) in [6.45, 7) is 8.78. The Bertz CT molecular complexity index is 473. The van der Waals surface area contributed by atoms with E-state index >= 15 is 0 Å². The molecule has 0 spiro atoms. The average molecular weight is 314 g/mol. The fourth-order valence-corrected chi connectivity index (χ4v) is 2.01. The first-order valence-corrected chi connectivity index (χ1v) is 7.81. The second-order valence-electron chi connectivity index (χ2n) is 5.03. The van der Waals surface area contributed by atoms with E-state index in [4.69, 9.17) is 21.1 Å². The maximum atomic E-state index is 12.3. The van der Waals surface area contributed by atoms with Gasteiger partial charge in [0.2, 0.25) is 0 Å². The van der Waals surface area contributed by atoms with Crippen molar-refractivity contribution in [3.63, 3.8) is 0 Å². The molecule has 0 saturated carbocycles. The zero-order valence-electron chi connectivity index (χ0n) is 13.2. The van der Waals surface area contributed by atoms with Crippen LogP contribution in [0.25, 0.3) is 0 Å². The highest BCUT2D eigenvalue weighted by atomic mass is 35.5. The third-order valence-electron chi connectivity index (χ3n) is 3.30. The zero-order chi connectivity index (χ0) is 15.9. The molecule has 1 amide bonds. The van der Waals surface area contributed by atoms with Crippen molar-refractivity contribution in [3.8, 4) is 11.5 Å². The van der Waals surface area contributed by atoms with Crippen molar-refractivity contribution in [2.24, 2.45) is 0 Å². The highest BCUT2D eigenvalue weighted by Gasteiger charge is 2.24. The van der Waals surface area contributed by atoms with E-state index in [-0.39, 0.29) is 5.91 Å². The van der Waals surface area contributed by atoms with Gasteiger partial charge in [-0.05, 0) is 45.4 Å². The maximum Gasteiger partial charge on any atom is 0.251 e. The highest BCUT2D eigenvalue weighted by Crippen LogP contribution is 2.28. The van der Waals surface area contributed by atoms with Crippen LogP contribution in [0.4, 0.5) is 0 Å². The Morgan fingerprint density at radius 3 is 2.33 bits per heavy atom. The number of hydrogen-bond acceptors (Lipinski definition) is 3. The van der Waals surface area contributed by atoms with Crippen LogP contribution in [0.15, 0.2) is 18.2 Å². The molecule has 1 N–H and O–H groups in total. The molecule has 118 valence electrons. The number of alkyl halides is 1. The Morgan fingerprint density at radius 2 is 1.81 bits per heavy atom. The molecule has 1 atom stereocenters. The van der Waals surface area contributed by atoms with Crippen molar-refractivity contribution in [2.75, 3.05) is 19.1 Å². The number of carbonyl (C=O) groups excluding carboxylic acids is 1. The van der Waals surface area contributed by atoms with E-state index in [9.17, 15) is 4.79 Å². The van der Waals surface area contributed by atoms with Crippen LogP contribution in [0.1, 0.15) is 44.5 Å². The van der Waals surface area contributed by atoms with Gasteiger partial charge in [-0.25, -0.2) is 0 Å². The first-order chi connectivity index (χ1) is 9.99. The molecular weight excluding hydrogens is 290 g/mol. The molecule has 0 saturated heterocycles. The Balaban J connectivity index is 2.97. The Labute approximate surface area is 131 Å². The normalized spacial score (nSPS) is 13.4. The monoisotopic (exact) mass is 313 g/mol. The van der Waals surface area contributed by atoms with Gasteiger partial charge in [0, 0.05) is 11.4 Å². The van der Waals surface area contributed by atoms with E-state index in [2.05, 4.69) is 5.32 Å². The van der Waals surface area contributed by atoms with Crippen LogP contribution in [-0.2, 0) is 0 Å². The minimum atomic E-state index is -0.414. The molecule has 0 radical (unpaired) electrons. The van der Waals surface area contributed by atoms with Gasteiger partial charge in [0.1, 0.15) is 0 Å². The lowest BCUT2D eigenvalue weighted by Crippen LogP contribution is -2.47. The maximum absolute atomic E-state index is 12.3. The van der Waals surface area contributed by atoms with Gasteiger partial charge in [0.15, 0.2) is 11.5 Å². The summed E-state index contributed by atoms with van der Waals surface area (Å²) in [6.07, 6.45) is 0.761. The predicted molar refractivity (Wildman–Crippen MR) is 85.7 cm³/mol. The van der Waals surface area contributed by atoms with E-state index in [0.29, 0.717) is 36.2 Å². The van der Waals surface area contributed by atoms with Crippen molar-refractivity contribution >= 4 is 17.5 Å². The summed E-state index contributed by atoms with van der Waals surface area (Å²) in [5, 5.41) is 2.96. The number of hydrogen-bond donors (Lipinski definition) is 1. The van der Waals surface area contributed by atoms with Crippen molar-refractivity contribution in [2.45, 2.75) is 39.7 Å². The van der Waals surface area contributed by atoms with Gasteiger partial charge in [0.25, 0.3) is 5.91 Å². The van der Waals surface area contributed by atoms with E-state index in [1.54, 1.807) is 18.2 Å². The third-order valence-corrected chi connectivity index (χ3v) is 3.89. The fraction of sp³-hybridized carbons (Fsp3) is 0.562. The molecule has 0 aliphatic heterocycles. The van der Waals surface area contributed by atoms with Crippen LogP contribution in [0, 0.1) is 0 Å². The summed E-state index contributed by atoms with van der Waals surface area (Å²) in [5.74, 6) is 1.43. The van der Waals surface area contributed by atoms with Gasteiger partial charge in [-0.15, -0.1) is 11.6 Å². The lowest BCUT2D eigenvalue weighted by Gasteiger charge is -2.27. The van der Waals surface area contributed by atoms with E-state index in [0.717, 1.165) is 6.42 Å². The lowest BCUT2D eigenvalue weighted by atomic mass is 10.0. The van der Waals surface area contributed by atoms with Crippen LogP contribution in [0.2, 0.25) is 0 Å². The summed E-state index contributed by atoms with van der Waals surface area (Å²) >= 11 is 5.93.